The number of benzene rings is 2. The van der Waals surface area contributed by atoms with E-state index >= 15 is 0 Å². The van der Waals surface area contributed by atoms with Gasteiger partial charge in [-0.3, -0.25) is 4.79 Å². The number of hydrogen-bond donors (Lipinski definition) is 3. The van der Waals surface area contributed by atoms with E-state index in [1.807, 2.05) is 0 Å². The minimum atomic E-state index is -4.88. The van der Waals surface area contributed by atoms with Gasteiger partial charge in [-0.15, -0.1) is 13.2 Å². The molecule has 2 aromatic carbocycles. The first kappa shape index (κ1) is 22.1. The number of hydrogen-bond acceptors (Lipinski definition) is 6. The maximum Gasteiger partial charge on any atom is 0.573 e. The Kier molecular flexibility index (Phi) is 6.44. The van der Waals surface area contributed by atoms with Gasteiger partial charge in [-0.1, -0.05) is 29.8 Å². The Labute approximate surface area is 177 Å². The van der Waals surface area contributed by atoms with Gasteiger partial charge in [-0.25, -0.2) is 9.37 Å². The van der Waals surface area contributed by atoms with Gasteiger partial charge in [-0.05, 0) is 24.3 Å². The Morgan fingerprint density at radius 2 is 1.87 bits per heavy atom. The molecule has 1 aromatic heterocycles. The van der Waals surface area contributed by atoms with Crippen LogP contribution in [-0.4, -0.2) is 34.0 Å². The van der Waals surface area contributed by atoms with Gasteiger partial charge in [0.25, 0.3) is 0 Å². The van der Waals surface area contributed by atoms with Crippen molar-refractivity contribution in [2.24, 2.45) is 0 Å². The lowest BCUT2D eigenvalue weighted by Crippen LogP contribution is -2.17. The van der Waals surface area contributed by atoms with Crippen molar-refractivity contribution in [3.8, 4) is 17.0 Å². The summed E-state index contributed by atoms with van der Waals surface area (Å²) in [6, 6.07) is 10.3. The standard InChI is InChI=1S/C19H13ClF4N4O3/c20-12-5-2-6-13(21)17(12)27-15-8-14(26-18(28-15)25-9-16(29)30)10-3-1-4-11(7-10)31-19(22,23)24/h1-8H,9H2,(H,29,30)(H2,25,26,27,28). The summed E-state index contributed by atoms with van der Waals surface area (Å²) in [5.41, 5.74) is 0.239. The number of para-hydroxylation sites is 1. The molecule has 0 bridgehead atoms. The van der Waals surface area contributed by atoms with Crippen LogP contribution in [0.1, 0.15) is 0 Å². The molecular formula is C19H13ClF4N4O3. The maximum absolute atomic E-state index is 14.1. The molecule has 1 heterocycles. The molecule has 0 aliphatic carbocycles. The molecule has 3 N–H and O–H groups in total. The molecule has 3 rings (SSSR count). The van der Waals surface area contributed by atoms with Gasteiger partial charge in [0.15, 0.2) is 0 Å². The Balaban J connectivity index is 2.01. The predicted octanol–water partition coefficient (Wildman–Crippen LogP) is 5.07. The molecule has 12 heteroatoms. The molecule has 0 saturated heterocycles. The van der Waals surface area contributed by atoms with E-state index in [1.54, 1.807) is 0 Å². The van der Waals surface area contributed by atoms with Gasteiger partial charge in [0, 0.05) is 11.6 Å². The third kappa shape index (κ3) is 6.19. The number of alkyl halides is 3. The van der Waals surface area contributed by atoms with E-state index in [-0.39, 0.29) is 33.7 Å². The summed E-state index contributed by atoms with van der Waals surface area (Å²) < 4.78 is 55.6. The first-order chi connectivity index (χ1) is 14.6. The third-order valence-electron chi connectivity index (χ3n) is 3.70. The van der Waals surface area contributed by atoms with Crippen LogP contribution in [0.4, 0.5) is 35.0 Å². The number of aromatic nitrogens is 2. The minimum absolute atomic E-state index is 0.0204. The summed E-state index contributed by atoms with van der Waals surface area (Å²) in [5.74, 6) is -2.48. The molecule has 0 saturated carbocycles. The molecule has 0 atom stereocenters. The highest BCUT2D eigenvalue weighted by Crippen LogP contribution is 2.31. The summed E-state index contributed by atoms with van der Waals surface area (Å²) in [6.07, 6.45) is -4.88. The van der Waals surface area contributed by atoms with Gasteiger partial charge < -0.3 is 20.5 Å². The number of halogens is 5. The third-order valence-corrected chi connectivity index (χ3v) is 4.02. The molecule has 0 amide bonds. The van der Waals surface area contributed by atoms with E-state index in [4.69, 9.17) is 16.7 Å². The van der Waals surface area contributed by atoms with E-state index < -0.39 is 30.4 Å². The van der Waals surface area contributed by atoms with Crippen LogP contribution in [0.15, 0.2) is 48.5 Å². The lowest BCUT2D eigenvalue weighted by Gasteiger charge is -2.13. The fourth-order valence-corrected chi connectivity index (χ4v) is 2.70. The molecule has 3 aromatic rings. The van der Waals surface area contributed by atoms with Gasteiger partial charge >= 0.3 is 12.3 Å². The lowest BCUT2D eigenvalue weighted by molar-refractivity contribution is -0.274. The van der Waals surface area contributed by atoms with Gasteiger partial charge in [0.2, 0.25) is 5.95 Å². The first-order valence-corrected chi connectivity index (χ1v) is 8.90. The smallest absolute Gasteiger partial charge is 0.480 e. The first-order valence-electron chi connectivity index (χ1n) is 8.53. The predicted molar refractivity (Wildman–Crippen MR) is 105 cm³/mol. The summed E-state index contributed by atoms with van der Waals surface area (Å²) in [7, 11) is 0. The number of carbonyl (C=O) groups is 1. The van der Waals surface area contributed by atoms with Gasteiger partial charge in [0.05, 0.1) is 16.4 Å². The van der Waals surface area contributed by atoms with Crippen molar-refractivity contribution in [3.63, 3.8) is 0 Å². The van der Waals surface area contributed by atoms with Crippen molar-refractivity contribution in [1.82, 2.24) is 9.97 Å². The fraction of sp³-hybridized carbons (Fsp3) is 0.105. The summed E-state index contributed by atoms with van der Waals surface area (Å²) in [5, 5.41) is 14.1. The van der Waals surface area contributed by atoms with E-state index in [1.165, 1.54) is 30.3 Å². The van der Waals surface area contributed by atoms with E-state index in [0.717, 1.165) is 18.2 Å². The van der Waals surface area contributed by atoms with E-state index in [2.05, 4.69) is 25.3 Å². The number of aliphatic carboxylic acids is 1. The molecule has 162 valence electrons. The van der Waals surface area contributed by atoms with Crippen LogP contribution in [0.2, 0.25) is 5.02 Å². The normalized spacial score (nSPS) is 11.1. The summed E-state index contributed by atoms with van der Waals surface area (Å²) >= 11 is 6.00. The Bertz CT molecular complexity index is 1090. The highest BCUT2D eigenvalue weighted by molar-refractivity contribution is 6.33. The summed E-state index contributed by atoms with van der Waals surface area (Å²) in [4.78, 5) is 19.0. The number of nitrogens with one attached hydrogen (secondary N) is 2. The highest BCUT2D eigenvalue weighted by atomic mass is 35.5. The number of carboxylic acids is 1. The minimum Gasteiger partial charge on any atom is -0.480 e. The second-order valence-electron chi connectivity index (χ2n) is 6.01. The Hall–Kier alpha value is -3.60. The number of carboxylic acid groups (broad SMARTS) is 1. The average molecular weight is 457 g/mol. The maximum atomic E-state index is 14.1. The van der Waals surface area contributed by atoms with Crippen molar-refractivity contribution >= 4 is 35.0 Å². The zero-order valence-electron chi connectivity index (χ0n) is 15.4. The number of anilines is 3. The number of rotatable bonds is 7. The summed E-state index contributed by atoms with van der Waals surface area (Å²) in [6.45, 7) is -0.527. The monoisotopic (exact) mass is 456 g/mol. The number of ether oxygens (including phenoxy) is 1. The van der Waals surface area contributed by atoms with Gasteiger partial charge in [-0.2, -0.15) is 4.98 Å². The van der Waals surface area contributed by atoms with Crippen LogP contribution in [0.3, 0.4) is 0 Å². The molecule has 0 unspecified atom stereocenters. The molecule has 7 nitrogen and oxygen atoms in total. The molecule has 0 spiro atoms. The second kappa shape index (κ2) is 9.04. The van der Waals surface area contributed by atoms with Crippen LogP contribution >= 0.6 is 11.6 Å². The van der Waals surface area contributed by atoms with Crippen molar-refractivity contribution in [2.45, 2.75) is 6.36 Å². The van der Waals surface area contributed by atoms with Crippen molar-refractivity contribution in [3.05, 3.63) is 59.4 Å². The second-order valence-corrected chi connectivity index (χ2v) is 6.41. The van der Waals surface area contributed by atoms with Crippen molar-refractivity contribution in [2.75, 3.05) is 17.2 Å². The van der Waals surface area contributed by atoms with Crippen molar-refractivity contribution < 1.29 is 32.2 Å². The van der Waals surface area contributed by atoms with Crippen LogP contribution < -0.4 is 15.4 Å². The topological polar surface area (TPSA) is 96.4 Å². The van der Waals surface area contributed by atoms with Crippen LogP contribution in [-0.2, 0) is 4.79 Å². The fourth-order valence-electron chi connectivity index (χ4n) is 2.49. The Morgan fingerprint density at radius 3 is 2.55 bits per heavy atom. The molecular weight excluding hydrogens is 444 g/mol. The largest absolute Gasteiger partial charge is 0.573 e. The molecule has 31 heavy (non-hydrogen) atoms. The highest BCUT2D eigenvalue weighted by Gasteiger charge is 2.31. The quantitative estimate of drug-likeness (QED) is 0.427. The lowest BCUT2D eigenvalue weighted by atomic mass is 10.1. The van der Waals surface area contributed by atoms with E-state index in [0.29, 0.717) is 0 Å². The van der Waals surface area contributed by atoms with E-state index in [9.17, 15) is 22.4 Å². The molecule has 0 fully saturated rings. The van der Waals surface area contributed by atoms with Crippen LogP contribution in [0.25, 0.3) is 11.3 Å². The van der Waals surface area contributed by atoms with Gasteiger partial charge in [0.1, 0.15) is 23.9 Å². The average Bonchev–Trinajstić information content (AvgIpc) is 2.68. The van der Waals surface area contributed by atoms with Crippen molar-refractivity contribution in [1.29, 1.82) is 0 Å². The zero-order valence-corrected chi connectivity index (χ0v) is 16.1. The zero-order chi connectivity index (χ0) is 22.6. The number of nitrogens with zero attached hydrogens (tertiary/aromatic N) is 2. The Morgan fingerprint density at radius 1 is 1.13 bits per heavy atom. The SMILES string of the molecule is O=C(O)CNc1nc(Nc2c(F)cccc2Cl)cc(-c2cccc(OC(F)(F)F)c2)n1. The van der Waals surface area contributed by atoms with Crippen LogP contribution in [0.5, 0.6) is 5.75 Å². The molecule has 0 aliphatic heterocycles. The molecule has 0 aliphatic rings. The van der Waals surface area contributed by atoms with Crippen LogP contribution in [0, 0.1) is 5.82 Å². The molecule has 0 radical (unpaired) electrons.